The summed E-state index contributed by atoms with van der Waals surface area (Å²) in [6.07, 6.45) is 4.23. The molecule has 1 aliphatic rings. The Kier molecular flexibility index (Phi) is 3.69. The zero-order chi connectivity index (χ0) is 14.7. The fourth-order valence-electron chi connectivity index (χ4n) is 2.54. The summed E-state index contributed by atoms with van der Waals surface area (Å²) in [5.74, 6) is 0.213. The van der Waals surface area contributed by atoms with Gasteiger partial charge >= 0.3 is 5.97 Å². The first kappa shape index (κ1) is 13.4. The molecule has 1 aliphatic carbocycles. The van der Waals surface area contributed by atoms with Gasteiger partial charge in [-0.3, -0.25) is 0 Å². The lowest BCUT2D eigenvalue weighted by Crippen LogP contribution is -2.03. The van der Waals surface area contributed by atoms with E-state index in [0.717, 1.165) is 6.42 Å². The highest BCUT2D eigenvalue weighted by Crippen LogP contribution is 2.32. The zero-order valence-electron chi connectivity index (χ0n) is 11.9. The van der Waals surface area contributed by atoms with Crippen LogP contribution in [-0.4, -0.2) is 5.97 Å². The van der Waals surface area contributed by atoms with Gasteiger partial charge in [0.05, 0.1) is 0 Å². The molecule has 104 valence electrons. The van der Waals surface area contributed by atoms with Crippen molar-refractivity contribution in [2.45, 2.75) is 13.3 Å². The highest BCUT2D eigenvalue weighted by molar-refractivity contribution is 5.86. The Morgan fingerprint density at radius 3 is 2.52 bits per heavy atom. The van der Waals surface area contributed by atoms with E-state index in [1.807, 2.05) is 36.4 Å². The summed E-state index contributed by atoms with van der Waals surface area (Å²) in [5, 5.41) is 0. The van der Waals surface area contributed by atoms with Crippen LogP contribution in [0.4, 0.5) is 0 Å². The molecule has 2 aromatic rings. The SMILES string of the molecule is CC1=C(/C=C/C(=O)Oc2ccccc2)Cc2ccccc21. The van der Waals surface area contributed by atoms with Crippen LogP contribution in [0, 0.1) is 0 Å². The van der Waals surface area contributed by atoms with Crippen molar-refractivity contribution < 1.29 is 9.53 Å². The lowest BCUT2D eigenvalue weighted by Gasteiger charge is -2.00. The van der Waals surface area contributed by atoms with Crippen molar-refractivity contribution in [2.75, 3.05) is 0 Å². The number of carbonyl (C=O) groups is 1. The number of hydrogen-bond donors (Lipinski definition) is 0. The molecule has 2 aromatic carbocycles. The van der Waals surface area contributed by atoms with Crippen LogP contribution in [-0.2, 0) is 11.2 Å². The summed E-state index contributed by atoms with van der Waals surface area (Å²) in [4.78, 5) is 11.8. The average Bonchev–Trinajstić information content (AvgIpc) is 2.83. The van der Waals surface area contributed by atoms with Crippen molar-refractivity contribution in [1.29, 1.82) is 0 Å². The monoisotopic (exact) mass is 276 g/mol. The molecule has 0 aromatic heterocycles. The minimum atomic E-state index is -0.350. The van der Waals surface area contributed by atoms with Gasteiger partial charge in [0.2, 0.25) is 0 Å². The molecule has 0 saturated carbocycles. The van der Waals surface area contributed by atoms with Gasteiger partial charge in [-0.05, 0) is 47.8 Å². The number of rotatable bonds is 3. The Morgan fingerprint density at radius 1 is 1.05 bits per heavy atom. The summed E-state index contributed by atoms with van der Waals surface area (Å²) in [6.45, 7) is 2.09. The predicted octanol–water partition coefficient (Wildman–Crippen LogP) is 4.18. The predicted molar refractivity (Wildman–Crippen MR) is 84.0 cm³/mol. The molecule has 0 saturated heterocycles. The number of benzene rings is 2. The number of fused-ring (bicyclic) bond motifs is 1. The molecule has 3 rings (SSSR count). The van der Waals surface area contributed by atoms with Gasteiger partial charge in [-0.1, -0.05) is 48.5 Å². The number of hydrogen-bond acceptors (Lipinski definition) is 2. The van der Waals surface area contributed by atoms with Gasteiger partial charge in [0.1, 0.15) is 5.75 Å². The summed E-state index contributed by atoms with van der Waals surface area (Å²) in [6, 6.07) is 17.4. The van der Waals surface area contributed by atoms with E-state index in [1.165, 1.54) is 28.3 Å². The Labute approximate surface area is 124 Å². The number of allylic oxidation sites excluding steroid dienone is 3. The highest BCUT2D eigenvalue weighted by Gasteiger charge is 2.15. The first-order valence-corrected chi connectivity index (χ1v) is 6.97. The van der Waals surface area contributed by atoms with Crippen molar-refractivity contribution in [3.63, 3.8) is 0 Å². The van der Waals surface area contributed by atoms with Crippen molar-refractivity contribution in [2.24, 2.45) is 0 Å². The van der Waals surface area contributed by atoms with Crippen LogP contribution in [0.25, 0.3) is 5.57 Å². The third kappa shape index (κ3) is 2.95. The maximum Gasteiger partial charge on any atom is 0.336 e. The second kappa shape index (κ2) is 5.80. The van der Waals surface area contributed by atoms with Crippen molar-refractivity contribution in [3.05, 3.63) is 83.4 Å². The van der Waals surface area contributed by atoms with Crippen molar-refractivity contribution in [1.82, 2.24) is 0 Å². The standard InChI is InChI=1S/C19H16O2/c1-14-15(13-16-7-5-6-10-18(14)16)11-12-19(20)21-17-8-3-2-4-9-17/h2-12H,13H2,1H3/b12-11+. The fraction of sp³-hybridized carbons (Fsp3) is 0.105. The van der Waals surface area contributed by atoms with E-state index in [0.29, 0.717) is 5.75 Å². The quantitative estimate of drug-likeness (QED) is 0.477. The summed E-state index contributed by atoms with van der Waals surface area (Å²) >= 11 is 0. The number of ether oxygens (including phenoxy) is 1. The van der Waals surface area contributed by atoms with Crippen molar-refractivity contribution in [3.8, 4) is 5.75 Å². The van der Waals surface area contributed by atoms with Gasteiger partial charge in [-0.15, -0.1) is 0 Å². The van der Waals surface area contributed by atoms with Crippen LogP contribution in [0.1, 0.15) is 18.1 Å². The molecule has 0 atom stereocenters. The first-order valence-electron chi connectivity index (χ1n) is 6.97. The molecule has 2 heteroatoms. The lowest BCUT2D eigenvalue weighted by molar-refractivity contribution is -0.128. The van der Waals surface area contributed by atoms with Gasteiger partial charge in [-0.2, -0.15) is 0 Å². The topological polar surface area (TPSA) is 26.3 Å². The van der Waals surface area contributed by atoms with Gasteiger partial charge in [0.25, 0.3) is 0 Å². The van der Waals surface area contributed by atoms with E-state index in [1.54, 1.807) is 12.1 Å². The second-order valence-electron chi connectivity index (χ2n) is 5.05. The van der Waals surface area contributed by atoms with Crippen LogP contribution >= 0.6 is 0 Å². The molecule has 0 radical (unpaired) electrons. The molecule has 0 N–H and O–H groups in total. The summed E-state index contributed by atoms with van der Waals surface area (Å²) in [5.41, 5.74) is 4.98. The second-order valence-corrected chi connectivity index (χ2v) is 5.05. The van der Waals surface area contributed by atoms with E-state index in [9.17, 15) is 4.79 Å². The molecule has 0 bridgehead atoms. The van der Waals surface area contributed by atoms with Crippen LogP contribution in [0.3, 0.4) is 0 Å². The fourth-order valence-corrected chi connectivity index (χ4v) is 2.54. The summed E-state index contributed by atoms with van der Waals surface area (Å²) < 4.78 is 5.24. The Bertz CT molecular complexity index is 724. The van der Waals surface area contributed by atoms with Crippen LogP contribution in [0.15, 0.2) is 72.3 Å². The number of carbonyl (C=O) groups excluding carboxylic acids is 1. The van der Waals surface area contributed by atoms with E-state index in [2.05, 4.69) is 19.1 Å². The number of para-hydroxylation sites is 1. The normalized spacial score (nSPS) is 13.6. The third-order valence-corrected chi connectivity index (χ3v) is 3.67. The van der Waals surface area contributed by atoms with E-state index in [-0.39, 0.29) is 5.97 Å². The molecular formula is C19H16O2. The zero-order valence-corrected chi connectivity index (χ0v) is 11.9. The van der Waals surface area contributed by atoms with Gasteiger partial charge in [-0.25, -0.2) is 4.79 Å². The van der Waals surface area contributed by atoms with Crippen LogP contribution in [0.2, 0.25) is 0 Å². The molecular weight excluding hydrogens is 260 g/mol. The van der Waals surface area contributed by atoms with Gasteiger partial charge < -0.3 is 4.74 Å². The molecule has 0 heterocycles. The van der Waals surface area contributed by atoms with Crippen LogP contribution < -0.4 is 4.74 Å². The average molecular weight is 276 g/mol. The maximum absolute atomic E-state index is 11.8. The van der Waals surface area contributed by atoms with Gasteiger partial charge in [0, 0.05) is 6.08 Å². The largest absolute Gasteiger partial charge is 0.423 e. The Morgan fingerprint density at radius 2 is 1.76 bits per heavy atom. The maximum atomic E-state index is 11.8. The minimum Gasteiger partial charge on any atom is -0.423 e. The summed E-state index contributed by atoms with van der Waals surface area (Å²) in [7, 11) is 0. The highest BCUT2D eigenvalue weighted by atomic mass is 16.5. The Hall–Kier alpha value is -2.61. The molecule has 0 spiro atoms. The molecule has 2 nitrogen and oxygen atoms in total. The molecule has 0 aliphatic heterocycles. The molecule has 0 amide bonds. The number of esters is 1. The molecule has 21 heavy (non-hydrogen) atoms. The van der Waals surface area contributed by atoms with E-state index >= 15 is 0 Å². The molecule has 0 unspecified atom stereocenters. The third-order valence-electron chi connectivity index (χ3n) is 3.67. The van der Waals surface area contributed by atoms with Crippen molar-refractivity contribution >= 4 is 11.5 Å². The minimum absolute atomic E-state index is 0.350. The van der Waals surface area contributed by atoms with E-state index < -0.39 is 0 Å². The first-order chi connectivity index (χ1) is 10.2. The smallest absolute Gasteiger partial charge is 0.336 e. The lowest BCUT2D eigenvalue weighted by atomic mass is 10.1. The Balaban J connectivity index is 1.70. The van der Waals surface area contributed by atoms with E-state index in [4.69, 9.17) is 4.74 Å². The molecule has 0 fully saturated rings. The van der Waals surface area contributed by atoms with Crippen LogP contribution in [0.5, 0.6) is 5.75 Å². The van der Waals surface area contributed by atoms with Gasteiger partial charge in [0.15, 0.2) is 0 Å².